The van der Waals surface area contributed by atoms with Crippen molar-refractivity contribution in [2.24, 2.45) is 7.05 Å². The first kappa shape index (κ1) is 16.9. The van der Waals surface area contributed by atoms with Crippen LogP contribution in [0.15, 0.2) is 35.7 Å². The molecule has 0 aliphatic heterocycles. The zero-order chi connectivity index (χ0) is 16.8. The first-order valence-corrected chi connectivity index (χ1v) is 7.83. The van der Waals surface area contributed by atoms with Crippen molar-refractivity contribution in [3.63, 3.8) is 0 Å². The molecule has 0 aliphatic rings. The quantitative estimate of drug-likeness (QED) is 0.791. The minimum absolute atomic E-state index is 0.183. The molecule has 2 amide bonds. The summed E-state index contributed by atoms with van der Waals surface area (Å²) in [5.74, 6) is 0.377. The Morgan fingerprint density at radius 2 is 2.13 bits per heavy atom. The maximum atomic E-state index is 12.1. The van der Waals surface area contributed by atoms with E-state index in [2.05, 4.69) is 15.6 Å². The molecule has 0 bridgehead atoms. The first-order chi connectivity index (χ1) is 11.0. The number of aryl methyl sites for hydroxylation is 1. The number of benzene rings is 1. The zero-order valence-electron chi connectivity index (χ0n) is 13.1. The average molecular weight is 334 g/mol. The molecule has 0 unspecified atom stereocenters. The molecule has 0 aliphatic carbocycles. The molecule has 2 rings (SSSR count). The second-order valence-corrected chi connectivity index (χ2v) is 5.70. The normalized spacial score (nSPS) is 10.2. The highest BCUT2D eigenvalue weighted by Crippen LogP contribution is 2.28. The lowest BCUT2D eigenvalue weighted by Gasteiger charge is -2.12. The highest BCUT2D eigenvalue weighted by atomic mass is 32.2. The Morgan fingerprint density at radius 1 is 1.35 bits per heavy atom. The van der Waals surface area contributed by atoms with Crippen molar-refractivity contribution in [2.45, 2.75) is 12.1 Å². The summed E-state index contributed by atoms with van der Waals surface area (Å²) in [6, 6.07) is 5.05. The summed E-state index contributed by atoms with van der Waals surface area (Å²) in [6.07, 6.45) is 3.50. The number of carbonyl (C=O) groups excluding carboxylic acids is 2. The number of carbonyl (C=O) groups is 2. The summed E-state index contributed by atoms with van der Waals surface area (Å²) in [6.45, 7) is 1.42. The molecule has 1 heterocycles. The Kier molecular flexibility index (Phi) is 5.64. The minimum Gasteiger partial charge on any atom is -0.495 e. The number of ether oxygens (including phenoxy) is 1. The van der Waals surface area contributed by atoms with Gasteiger partial charge in [-0.2, -0.15) is 0 Å². The van der Waals surface area contributed by atoms with Gasteiger partial charge < -0.3 is 19.9 Å². The van der Waals surface area contributed by atoms with E-state index in [4.69, 9.17) is 4.74 Å². The third-order valence-electron chi connectivity index (χ3n) is 2.90. The van der Waals surface area contributed by atoms with Crippen LogP contribution in [0.3, 0.4) is 0 Å². The summed E-state index contributed by atoms with van der Waals surface area (Å²) >= 11 is 1.34. The average Bonchev–Trinajstić information content (AvgIpc) is 2.90. The van der Waals surface area contributed by atoms with Gasteiger partial charge in [0.25, 0.3) is 0 Å². The highest BCUT2D eigenvalue weighted by molar-refractivity contribution is 7.99. The fraction of sp³-hybridized carbons (Fsp3) is 0.267. The van der Waals surface area contributed by atoms with E-state index in [1.54, 1.807) is 24.4 Å². The second kappa shape index (κ2) is 7.68. The van der Waals surface area contributed by atoms with Crippen LogP contribution in [0.25, 0.3) is 0 Å². The molecular weight excluding hydrogens is 316 g/mol. The minimum atomic E-state index is -0.184. The second-order valence-electron chi connectivity index (χ2n) is 4.75. The van der Waals surface area contributed by atoms with E-state index in [1.807, 2.05) is 17.8 Å². The van der Waals surface area contributed by atoms with Gasteiger partial charge in [-0.05, 0) is 18.2 Å². The van der Waals surface area contributed by atoms with Crippen molar-refractivity contribution in [2.75, 3.05) is 23.5 Å². The molecule has 7 nitrogen and oxygen atoms in total. The first-order valence-electron chi connectivity index (χ1n) is 6.85. The summed E-state index contributed by atoms with van der Waals surface area (Å²) in [5.41, 5.74) is 1.09. The van der Waals surface area contributed by atoms with Crippen LogP contribution in [0.5, 0.6) is 5.75 Å². The lowest BCUT2D eigenvalue weighted by Crippen LogP contribution is -2.15. The van der Waals surface area contributed by atoms with Crippen molar-refractivity contribution in [3.8, 4) is 5.75 Å². The molecule has 0 fully saturated rings. The van der Waals surface area contributed by atoms with E-state index >= 15 is 0 Å². The zero-order valence-corrected chi connectivity index (χ0v) is 13.9. The van der Waals surface area contributed by atoms with Crippen LogP contribution in [-0.4, -0.2) is 34.2 Å². The molecule has 0 saturated heterocycles. The van der Waals surface area contributed by atoms with E-state index in [-0.39, 0.29) is 17.6 Å². The van der Waals surface area contributed by atoms with Crippen molar-refractivity contribution < 1.29 is 14.3 Å². The van der Waals surface area contributed by atoms with Gasteiger partial charge in [0.15, 0.2) is 5.16 Å². The molecule has 2 N–H and O–H groups in total. The maximum absolute atomic E-state index is 12.1. The van der Waals surface area contributed by atoms with Gasteiger partial charge in [0, 0.05) is 32.1 Å². The van der Waals surface area contributed by atoms with Crippen LogP contribution < -0.4 is 15.4 Å². The molecule has 2 aromatic rings. The van der Waals surface area contributed by atoms with E-state index in [0.29, 0.717) is 17.1 Å². The number of aromatic nitrogens is 2. The van der Waals surface area contributed by atoms with Crippen LogP contribution in [0, 0.1) is 0 Å². The summed E-state index contributed by atoms with van der Waals surface area (Å²) in [7, 11) is 3.39. The fourth-order valence-corrected chi connectivity index (χ4v) is 2.63. The number of thioether (sulfide) groups is 1. The number of nitrogens with zero attached hydrogens (tertiary/aromatic N) is 2. The number of rotatable bonds is 6. The Balaban J connectivity index is 2.03. The number of hydrogen-bond donors (Lipinski definition) is 2. The van der Waals surface area contributed by atoms with E-state index in [0.717, 1.165) is 5.16 Å². The number of methoxy groups -OCH3 is 1. The number of imidazole rings is 1. The van der Waals surface area contributed by atoms with Gasteiger partial charge in [0.2, 0.25) is 11.8 Å². The van der Waals surface area contributed by atoms with Crippen LogP contribution in [-0.2, 0) is 16.6 Å². The molecule has 0 radical (unpaired) electrons. The van der Waals surface area contributed by atoms with Crippen molar-refractivity contribution in [3.05, 3.63) is 30.6 Å². The molecule has 1 aromatic carbocycles. The van der Waals surface area contributed by atoms with E-state index < -0.39 is 0 Å². The maximum Gasteiger partial charge on any atom is 0.234 e. The van der Waals surface area contributed by atoms with E-state index in [1.165, 1.54) is 25.8 Å². The van der Waals surface area contributed by atoms with Gasteiger partial charge in [0.1, 0.15) is 5.75 Å². The summed E-state index contributed by atoms with van der Waals surface area (Å²) in [4.78, 5) is 27.4. The Hall–Kier alpha value is -2.48. The third kappa shape index (κ3) is 4.75. The molecule has 1 aromatic heterocycles. The Labute approximate surface area is 138 Å². The largest absolute Gasteiger partial charge is 0.495 e. The topological polar surface area (TPSA) is 85.2 Å². The molecule has 122 valence electrons. The van der Waals surface area contributed by atoms with Crippen molar-refractivity contribution >= 4 is 35.0 Å². The van der Waals surface area contributed by atoms with Gasteiger partial charge in [-0.15, -0.1) is 0 Å². The number of amides is 2. The van der Waals surface area contributed by atoms with Crippen LogP contribution in [0.2, 0.25) is 0 Å². The van der Waals surface area contributed by atoms with Gasteiger partial charge in [-0.1, -0.05) is 11.8 Å². The van der Waals surface area contributed by atoms with Gasteiger partial charge >= 0.3 is 0 Å². The monoisotopic (exact) mass is 334 g/mol. The number of hydrogen-bond acceptors (Lipinski definition) is 5. The molecular formula is C15H18N4O3S. The fourth-order valence-electron chi connectivity index (χ4n) is 1.89. The highest BCUT2D eigenvalue weighted by Gasteiger charge is 2.11. The predicted molar refractivity (Wildman–Crippen MR) is 89.9 cm³/mol. The number of nitrogens with one attached hydrogen (secondary N) is 2. The smallest absolute Gasteiger partial charge is 0.234 e. The van der Waals surface area contributed by atoms with Gasteiger partial charge in [-0.25, -0.2) is 4.98 Å². The van der Waals surface area contributed by atoms with Crippen molar-refractivity contribution in [1.82, 2.24) is 9.55 Å². The molecule has 0 spiro atoms. The summed E-state index contributed by atoms with van der Waals surface area (Å²) in [5, 5.41) is 6.21. The summed E-state index contributed by atoms with van der Waals surface area (Å²) < 4.78 is 7.07. The van der Waals surface area contributed by atoms with Gasteiger partial charge in [-0.3, -0.25) is 9.59 Å². The van der Waals surface area contributed by atoms with E-state index in [9.17, 15) is 9.59 Å². The van der Waals surface area contributed by atoms with Crippen molar-refractivity contribution in [1.29, 1.82) is 0 Å². The lowest BCUT2D eigenvalue weighted by atomic mass is 10.2. The van der Waals surface area contributed by atoms with Gasteiger partial charge in [0.05, 0.1) is 18.6 Å². The van der Waals surface area contributed by atoms with Crippen LogP contribution >= 0.6 is 11.8 Å². The molecule has 8 heteroatoms. The molecule has 23 heavy (non-hydrogen) atoms. The molecule has 0 atom stereocenters. The van der Waals surface area contributed by atoms with Crippen LogP contribution in [0.4, 0.5) is 11.4 Å². The standard InChI is InChI=1S/C15H18N4O3S/c1-10(20)17-11-4-5-13(22-3)12(8-11)18-14(21)9-23-15-16-6-7-19(15)2/h4-8H,9H2,1-3H3,(H,17,20)(H,18,21). The Morgan fingerprint density at radius 3 is 2.74 bits per heavy atom. The SMILES string of the molecule is COc1ccc(NC(C)=O)cc1NC(=O)CSc1nccn1C. The Bertz CT molecular complexity index is 714. The lowest BCUT2D eigenvalue weighted by molar-refractivity contribution is -0.114. The predicted octanol–water partition coefficient (Wildman–Crippen LogP) is 2.12. The number of anilines is 2. The third-order valence-corrected chi connectivity index (χ3v) is 3.96. The van der Waals surface area contributed by atoms with Crippen LogP contribution in [0.1, 0.15) is 6.92 Å². The molecule has 0 saturated carbocycles.